The second-order valence-corrected chi connectivity index (χ2v) is 6.19. The van der Waals surface area contributed by atoms with Crippen LogP contribution >= 0.6 is 11.8 Å². The van der Waals surface area contributed by atoms with Gasteiger partial charge in [0.05, 0.1) is 23.8 Å². The van der Waals surface area contributed by atoms with Crippen LogP contribution < -0.4 is 4.74 Å². The van der Waals surface area contributed by atoms with Crippen molar-refractivity contribution in [2.45, 2.75) is 17.7 Å². The molecule has 2 aromatic carbocycles. The molecule has 1 aromatic heterocycles. The van der Waals surface area contributed by atoms with Crippen molar-refractivity contribution in [1.82, 2.24) is 4.98 Å². The maximum atomic E-state index is 9.18. The Labute approximate surface area is 139 Å². The van der Waals surface area contributed by atoms with E-state index in [1.54, 1.807) is 18.9 Å². The summed E-state index contributed by atoms with van der Waals surface area (Å²) < 4.78 is 5.42. The fourth-order valence-corrected chi connectivity index (χ4v) is 3.48. The Bertz CT molecular complexity index is 900. The number of nitriles is 1. The van der Waals surface area contributed by atoms with Crippen molar-refractivity contribution < 1.29 is 4.74 Å². The van der Waals surface area contributed by atoms with Crippen LogP contribution in [0.15, 0.2) is 53.6 Å². The quantitative estimate of drug-likeness (QED) is 0.653. The highest BCUT2D eigenvalue weighted by Crippen LogP contribution is 2.31. The first kappa shape index (κ1) is 15.4. The van der Waals surface area contributed by atoms with Gasteiger partial charge in [-0.3, -0.25) is 0 Å². The molecule has 3 aromatic rings. The summed E-state index contributed by atoms with van der Waals surface area (Å²) in [4.78, 5) is 4.73. The molecule has 114 valence electrons. The molecule has 0 bridgehead atoms. The van der Waals surface area contributed by atoms with Gasteiger partial charge in [0.25, 0.3) is 0 Å². The average Bonchev–Trinajstić information content (AvgIpc) is 2.59. The van der Waals surface area contributed by atoms with Crippen LogP contribution in [0.5, 0.6) is 5.75 Å². The van der Waals surface area contributed by atoms with Crippen molar-refractivity contribution in [3.8, 4) is 11.8 Å². The van der Waals surface area contributed by atoms with Gasteiger partial charge in [-0.15, -0.1) is 11.8 Å². The molecule has 0 atom stereocenters. The van der Waals surface area contributed by atoms with Gasteiger partial charge in [0.1, 0.15) is 11.3 Å². The van der Waals surface area contributed by atoms with Crippen molar-refractivity contribution in [2.75, 3.05) is 7.11 Å². The summed E-state index contributed by atoms with van der Waals surface area (Å²) >= 11 is 1.63. The van der Waals surface area contributed by atoms with E-state index < -0.39 is 0 Å². The molecule has 0 fully saturated rings. The second-order valence-electron chi connectivity index (χ2n) is 5.19. The lowest BCUT2D eigenvalue weighted by molar-refractivity contribution is 0.418. The summed E-state index contributed by atoms with van der Waals surface area (Å²) in [5.41, 5.74) is 3.80. The first-order valence-corrected chi connectivity index (χ1v) is 8.26. The van der Waals surface area contributed by atoms with Gasteiger partial charge in [0, 0.05) is 11.1 Å². The van der Waals surface area contributed by atoms with Gasteiger partial charge < -0.3 is 4.74 Å². The summed E-state index contributed by atoms with van der Waals surface area (Å²) in [5, 5.41) is 11.2. The topological polar surface area (TPSA) is 45.9 Å². The zero-order valence-corrected chi connectivity index (χ0v) is 13.9. The molecule has 3 rings (SSSR count). The number of hydrogen-bond acceptors (Lipinski definition) is 4. The predicted molar refractivity (Wildman–Crippen MR) is 93.8 cm³/mol. The Morgan fingerprint density at radius 3 is 2.78 bits per heavy atom. The van der Waals surface area contributed by atoms with Crippen LogP contribution in [0.1, 0.15) is 16.7 Å². The second kappa shape index (κ2) is 6.72. The molecule has 0 aliphatic rings. The van der Waals surface area contributed by atoms with E-state index in [9.17, 15) is 5.26 Å². The first-order valence-electron chi connectivity index (χ1n) is 7.28. The molecule has 0 saturated heterocycles. The number of nitrogens with zero attached hydrogens (tertiary/aromatic N) is 2. The molecule has 1 heterocycles. The third kappa shape index (κ3) is 3.15. The first-order chi connectivity index (χ1) is 11.2. The lowest BCUT2D eigenvalue weighted by Crippen LogP contribution is -1.92. The predicted octanol–water partition coefficient (Wildman–Crippen LogP) is 4.72. The summed E-state index contributed by atoms with van der Waals surface area (Å²) in [5.74, 6) is 1.50. The number of methoxy groups -OCH3 is 1. The minimum atomic E-state index is 0.718. The minimum absolute atomic E-state index is 0.718. The van der Waals surface area contributed by atoms with E-state index in [1.807, 2.05) is 36.4 Å². The molecule has 0 unspecified atom stereocenters. The minimum Gasteiger partial charge on any atom is -0.494 e. The number of aromatic nitrogens is 1. The normalized spacial score (nSPS) is 10.5. The molecule has 0 saturated carbocycles. The molecule has 0 radical (unpaired) electrons. The van der Waals surface area contributed by atoms with Gasteiger partial charge in [-0.05, 0) is 36.2 Å². The van der Waals surface area contributed by atoms with E-state index >= 15 is 0 Å². The van der Waals surface area contributed by atoms with Crippen molar-refractivity contribution >= 4 is 22.7 Å². The Morgan fingerprint density at radius 1 is 1.17 bits per heavy atom. The molecule has 0 aliphatic heterocycles. The molecule has 0 N–H and O–H groups in total. The Kier molecular flexibility index (Phi) is 4.50. The molecular weight excluding hydrogens is 304 g/mol. The number of pyridine rings is 1. The average molecular weight is 320 g/mol. The largest absolute Gasteiger partial charge is 0.494 e. The molecule has 3 nitrogen and oxygen atoms in total. The number of rotatable bonds is 4. The maximum Gasteiger partial charge on any atom is 0.145 e. The van der Waals surface area contributed by atoms with Gasteiger partial charge in [-0.2, -0.15) is 5.26 Å². The summed E-state index contributed by atoms with van der Waals surface area (Å²) in [6.45, 7) is 2.08. The Hall–Kier alpha value is -2.51. The third-order valence-corrected chi connectivity index (χ3v) is 4.68. The van der Waals surface area contributed by atoms with Crippen LogP contribution in [-0.4, -0.2) is 12.1 Å². The number of aryl methyl sites for hydroxylation is 1. The van der Waals surface area contributed by atoms with Crippen molar-refractivity contribution in [3.05, 3.63) is 65.2 Å². The number of para-hydroxylation sites is 1. The molecular formula is C19H16N2OS. The fourth-order valence-electron chi connectivity index (χ4n) is 2.51. The number of thioether (sulfide) groups is 1. The van der Waals surface area contributed by atoms with E-state index in [2.05, 4.69) is 25.1 Å². The Balaban J connectivity index is 1.93. The lowest BCUT2D eigenvalue weighted by atomic mass is 10.1. The van der Waals surface area contributed by atoms with Gasteiger partial charge in [-0.25, -0.2) is 4.98 Å². The van der Waals surface area contributed by atoms with E-state index in [0.29, 0.717) is 0 Å². The standard InChI is InChI=1S/C19H16N2OS/c1-13-10-18(21-19-16(13)8-5-9-17(19)22-2)23-12-15-7-4-3-6-14(15)11-20/h3-10H,12H2,1-2H3. The van der Waals surface area contributed by atoms with E-state index in [-0.39, 0.29) is 0 Å². The van der Waals surface area contributed by atoms with Crippen LogP contribution in [0, 0.1) is 18.3 Å². The van der Waals surface area contributed by atoms with Crippen molar-refractivity contribution in [1.29, 1.82) is 5.26 Å². The highest BCUT2D eigenvalue weighted by atomic mass is 32.2. The van der Waals surface area contributed by atoms with Crippen LogP contribution in [0.4, 0.5) is 0 Å². The summed E-state index contributed by atoms with van der Waals surface area (Å²) in [6, 6.07) is 18.0. The van der Waals surface area contributed by atoms with Crippen LogP contribution in [0.2, 0.25) is 0 Å². The smallest absolute Gasteiger partial charge is 0.145 e. The van der Waals surface area contributed by atoms with Crippen molar-refractivity contribution in [3.63, 3.8) is 0 Å². The van der Waals surface area contributed by atoms with E-state index in [1.165, 1.54) is 5.56 Å². The SMILES string of the molecule is COc1cccc2c(C)cc(SCc3ccccc3C#N)nc12. The number of ether oxygens (including phenoxy) is 1. The zero-order chi connectivity index (χ0) is 16.2. The fraction of sp³-hybridized carbons (Fsp3) is 0.158. The summed E-state index contributed by atoms with van der Waals surface area (Å²) in [7, 11) is 1.66. The summed E-state index contributed by atoms with van der Waals surface area (Å²) in [6.07, 6.45) is 0. The van der Waals surface area contributed by atoms with Crippen LogP contribution in [0.25, 0.3) is 10.9 Å². The highest BCUT2D eigenvalue weighted by Gasteiger charge is 2.09. The highest BCUT2D eigenvalue weighted by molar-refractivity contribution is 7.98. The number of benzene rings is 2. The number of hydrogen-bond donors (Lipinski definition) is 0. The van der Waals surface area contributed by atoms with E-state index in [4.69, 9.17) is 9.72 Å². The molecule has 0 amide bonds. The zero-order valence-electron chi connectivity index (χ0n) is 13.0. The van der Waals surface area contributed by atoms with Gasteiger partial charge in [0.15, 0.2) is 0 Å². The van der Waals surface area contributed by atoms with Crippen LogP contribution in [0.3, 0.4) is 0 Å². The third-order valence-electron chi connectivity index (χ3n) is 3.72. The van der Waals surface area contributed by atoms with E-state index in [0.717, 1.165) is 38.6 Å². The van der Waals surface area contributed by atoms with Gasteiger partial charge in [0.2, 0.25) is 0 Å². The number of fused-ring (bicyclic) bond motifs is 1. The van der Waals surface area contributed by atoms with Crippen LogP contribution in [-0.2, 0) is 5.75 Å². The monoisotopic (exact) mass is 320 g/mol. The molecule has 0 spiro atoms. The van der Waals surface area contributed by atoms with Crippen molar-refractivity contribution in [2.24, 2.45) is 0 Å². The molecule has 23 heavy (non-hydrogen) atoms. The molecule has 0 aliphatic carbocycles. The lowest BCUT2D eigenvalue weighted by Gasteiger charge is -2.10. The van der Waals surface area contributed by atoms with Gasteiger partial charge in [-0.1, -0.05) is 30.3 Å². The van der Waals surface area contributed by atoms with Gasteiger partial charge >= 0.3 is 0 Å². The maximum absolute atomic E-state index is 9.18. The Morgan fingerprint density at radius 2 is 2.00 bits per heavy atom. The molecule has 4 heteroatoms.